The van der Waals surface area contributed by atoms with Crippen LogP contribution in [0.5, 0.6) is 0 Å². The smallest absolute Gasteiger partial charge is 0.0713 e. The third-order valence-electron chi connectivity index (χ3n) is 15.9. The first kappa shape index (κ1) is 41.9. The van der Waals surface area contributed by atoms with Gasteiger partial charge in [0.25, 0.3) is 0 Å². The van der Waals surface area contributed by atoms with Gasteiger partial charge in [0, 0.05) is 38.9 Å². The summed E-state index contributed by atoms with van der Waals surface area (Å²) in [6, 6.07) is 98.9. The Kier molecular flexibility index (Phi) is 9.50. The number of hydrogen-bond acceptors (Lipinski definition) is 1. The molecular weight excluding hydrogens is 869 g/mol. The number of hydrogen-bond donors (Lipinski definition) is 0. The number of rotatable bonds is 8. The van der Waals surface area contributed by atoms with Gasteiger partial charge in [0.15, 0.2) is 0 Å². The fraction of sp³-hybridized carbons (Fsp3) is 0.0571. The fourth-order valence-corrected chi connectivity index (χ4v) is 12.6. The van der Waals surface area contributed by atoms with Crippen molar-refractivity contribution in [2.45, 2.75) is 24.7 Å². The fourth-order valence-electron chi connectivity index (χ4n) is 12.6. The van der Waals surface area contributed by atoms with Gasteiger partial charge in [-0.05, 0) is 139 Å². The normalized spacial score (nSPS) is 13.6. The van der Waals surface area contributed by atoms with Crippen LogP contribution >= 0.6 is 0 Å². The predicted octanol–water partition coefficient (Wildman–Crippen LogP) is 18.3. The summed E-state index contributed by atoms with van der Waals surface area (Å²) in [6.07, 6.45) is 0. The minimum atomic E-state index is -0.456. The molecule has 0 fully saturated rings. The zero-order valence-corrected chi connectivity index (χ0v) is 40.3. The minimum Gasteiger partial charge on any atom is -0.310 e. The third-order valence-corrected chi connectivity index (χ3v) is 15.9. The number of para-hydroxylation sites is 2. The summed E-state index contributed by atoms with van der Waals surface area (Å²) in [4.78, 5) is 2.43. The maximum atomic E-state index is 2.43. The number of anilines is 3. The Balaban J connectivity index is 0.868. The van der Waals surface area contributed by atoms with Crippen LogP contribution < -0.4 is 4.90 Å². The number of aromatic nitrogens is 1. The summed E-state index contributed by atoms with van der Waals surface area (Å²) in [7, 11) is 0. The summed E-state index contributed by atoms with van der Waals surface area (Å²) in [5.74, 6) is 0. The van der Waals surface area contributed by atoms with Crippen molar-refractivity contribution in [2.24, 2.45) is 0 Å². The third kappa shape index (κ3) is 6.22. The molecule has 0 spiro atoms. The maximum absolute atomic E-state index is 2.43. The second-order valence-electron chi connectivity index (χ2n) is 20.0. The molecule has 1 aromatic heterocycles. The molecular formula is C70H50N2. The minimum absolute atomic E-state index is 0.134. The standard InChI is InChI=1S/C70H50N2/c1-69(2)62-27-13-9-22-57(62)58-45-44-55(46-65(58)69)71(52-38-32-47(33-39-52)48-34-40-54(41-35-48)72-66-30-15-11-23-59(66)60-24-12-16-31-67(60)72)53-42-36-49(37-43-53)56-26-17-29-64-68(56)61-25-10-14-28-63(61)70(64,50-18-5-3-6-19-50)51-20-7-4-8-21-51/h3-46H,1-2H3. The van der Waals surface area contributed by atoms with Gasteiger partial charge < -0.3 is 9.47 Å². The molecule has 2 heteroatoms. The van der Waals surface area contributed by atoms with Crippen molar-refractivity contribution in [3.05, 3.63) is 300 Å². The molecule has 0 atom stereocenters. The topological polar surface area (TPSA) is 8.17 Å². The van der Waals surface area contributed by atoms with Gasteiger partial charge in [-0.15, -0.1) is 0 Å². The summed E-state index contributed by atoms with van der Waals surface area (Å²) in [5, 5.41) is 2.54. The number of fused-ring (bicyclic) bond motifs is 9. The summed E-state index contributed by atoms with van der Waals surface area (Å²) < 4.78 is 2.38. The van der Waals surface area contributed by atoms with Crippen LogP contribution in [0, 0.1) is 0 Å². The van der Waals surface area contributed by atoms with E-state index in [0.717, 1.165) is 22.7 Å². The van der Waals surface area contributed by atoms with Crippen LogP contribution in [-0.2, 0) is 10.8 Å². The van der Waals surface area contributed by atoms with E-state index in [1.807, 2.05) is 0 Å². The van der Waals surface area contributed by atoms with Crippen molar-refractivity contribution in [1.82, 2.24) is 4.57 Å². The lowest BCUT2D eigenvalue weighted by Gasteiger charge is -2.34. The van der Waals surface area contributed by atoms with E-state index in [9.17, 15) is 0 Å². The molecule has 340 valence electrons. The molecule has 2 aliphatic carbocycles. The largest absolute Gasteiger partial charge is 0.310 e. The van der Waals surface area contributed by atoms with Crippen LogP contribution in [-0.4, -0.2) is 4.57 Å². The Labute approximate surface area is 421 Å². The molecule has 12 aromatic rings. The molecule has 2 nitrogen and oxygen atoms in total. The summed E-state index contributed by atoms with van der Waals surface area (Å²) >= 11 is 0. The summed E-state index contributed by atoms with van der Waals surface area (Å²) in [5.41, 5.74) is 24.2. The Morgan fingerprint density at radius 2 is 0.778 bits per heavy atom. The van der Waals surface area contributed by atoms with E-state index in [1.165, 1.54) is 99.7 Å². The second-order valence-corrected chi connectivity index (χ2v) is 20.0. The molecule has 11 aromatic carbocycles. The van der Waals surface area contributed by atoms with Crippen LogP contribution in [0.4, 0.5) is 17.1 Å². The first-order valence-corrected chi connectivity index (χ1v) is 25.2. The molecule has 14 rings (SSSR count). The molecule has 0 radical (unpaired) electrons. The van der Waals surface area contributed by atoms with E-state index >= 15 is 0 Å². The monoisotopic (exact) mass is 918 g/mol. The van der Waals surface area contributed by atoms with Crippen molar-refractivity contribution < 1.29 is 0 Å². The van der Waals surface area contributed by atoms with Gasteiger partial charge in [0.1, 0.15) is 0 Å². The lowest BCUT2D eigenvalue weighted by atomic mass is 9.67. The molecule has 0 amide bonds. The van der Waals surface area contributed by atoms with Crippen molar-refractivity contribution in [3.63, 3.8) is 0 Å². The average Bonchev–Trinajstić information content (AvgIpc) is 4.03. The SMILES string of the molecule is CC1(C)c2ccccc2-c2ccc(N(c3ccc(-c4ccc(-n5c6ccccc6c6ccccc65)cc4)cc3)c3ccc(-c4cccc5c4-c4ccccc4C5(c4ccccc4)c4ccccc4)cc3)cc21. The van der Waals surface area contributed by atoms with Crippen molar-refractivity contribution in [2.75, 3.05) is 4.90 Å². The molecule has 0 saturated heterocycles. The van der Waals surface area contributed by atoms with Crippen molar-refractivity contribution in [3.8, 4) is 50.2 Å². The van der Waals surface area contributed by atoms with Gasteiger partial charge >= 0.3 is 0 Å². The zero-order chi connectivity index (χ0) is 48.0. The Bertz CT molecular complexity index is 3940. The predicted molar refractivity (Wildman–Crippen MR) is 301 cm³/mol. The Morgan fingerprint density at radius 3 is 1.40 bits per heavy atom. The van der Waals surface area contributed by atoms with Gasteiger partial charge in [0.2, 0.25) is 0 Å². The molecule has 0 unspecified atom stereocenters. The van der Waals surface area contributed by atoms with Crippen LogP contribution in [0.25, 0.3) is 72.0 Å². The van der Waals surface area contributed by atoms with Crippen LogP contribution in [0.15, 0.2) is 267 Å². The van der Waals surface area contributed by atoms with E-state index in [2.05, 4.69) is 290 Å². The molecule has 2 aliphatic rings. The lowest BCUT2D eigenvalue weighted by Crippen LogP contribution is -2.28. The van der Waals surface area contributed by atoms with Crippen LogP contribution in [0.2, 0.25) is 0 Å². The van der Waals surface area contributed by atoms with Crippen molar-refractivity contribution >= 4 is 38.9 Å². The highest BCUT2D eigenvalue weighted by Gasteiger charge is 2.46. The molecule has 0 saturated carbocycles. The Hall–Kier alpha value is -8.98. The van der Waals surface area contributed by atoms with Gasteiger partial charge in [-0.1, -0.05) is 220 Å². The van der Waals surface area contributed by atoms with E-state index in [0.29, 0.717) is 0 Å². The zero-order valence-electron chi connectivity index (χ0n) is 40.3. The van der Waals surface area contributed by atoms with E-state index in [4.69, 9.17) is 0 Å². The number of benzene rings is 11. The first-order valence-electron chi connectivity index (χ1n) is 25.2. The maximum Gasteiger partial charge on any atom is 0.0713 e. The molecule has 0 bridgehead atoms. The second kappa shape index (κ2) is 16.3. The van der Waals surface area contributed by atoms with E-state index < -0.39 is 5.41 Å². The molecule has 1 heterocycles. The summed E-state index contributed by atoms with van der Waals surface area (Å²) in [6.45, 7) is 4.73. The van der Waals surface area contributed by atoms with Gasteiger partial charge in [0.05, 0.1) is 16.4 Å². The quantitative estimate of drug-likeness (QED) is 0.147. The lowest BCUT2D eigenvalue weighted by molar-refractivity contribution is 0.660. The van der Waals surface area contributed by atoms with Gasteiger partial charge in [-0.25, -0.2) is 0 Å². The van der Waals surface area contributed by atoms with Gasteiger partial charge in [-0.3, -0.25) is 0 Å². The highest BCUT2D eigenvalue weighted by molar-refractivity contribution is 6.09. The van der Waals surface area contributed by atoms with E-state index in [-0.39, 0.29) is 5.41 Å². The van der Waals surface area contributed by atoms with Crippen molar-refractivity contribution in [1.29, 1.82) is 0 Å². The first-order chi connectivity index (χ1) is 35.5. The van der Waals surface area contributed by atoms with Gasteiger partial charge in [-0.2, -0.15) is 0 Å². The Morgan fingerprint density at radius 1 is 0.319 bits per heavy atom. The molecule has 0 aliphatic heterocycles. The highest BCUT2D eigenvalue weighted by atomic mass is 15.1. The van der Waals surface area contributed by atoms with Crippen LogP contribution in [0.3, 0.4) is 0 Å². The highest BCUT2D eigenvalue weighted by Crippen LogP contribution is 2.58. The molecule has 72 heavy (non-hydrogen) atoms. The van der Waals surface area contributed by atoms with E-state index in [1.54, 1.807) is 0 Å². The molecule has 0 N–H and O–H groups in total. The van der Waals surface area contributed by atoms with Crippen LogP contribution in [0.1, 0.15) is 47.2 Å². The average molecular weight is 919 g/mol. The number of nitrogens with zero attached hydrogens (tertiary/aromatic N) is 2.